The van der Waals surface area contributed by atoms with Gasteiger partial charge in [-0.15, -0.1) is 0 Å². The van der Waals surface area contributed by atoms with Crippen LogP contribution in [0.1, 0.15) is 11.1 Å². The highest BCUT2D eigenvalue weighted by atomic mass is 79.9. The van der Waals surface area contributed by atoms with Crippen LogP contribution in [0.15, 0.2) is 10.5 Å². The van der Waals surface area contributed by atoms with Crippen LogP contribution < -0.4 is 10.5 Å². The normalized spacial score (nSPS) is 10.3. The Morgan fingerprint density at radius 2 is 2.21 bits per heavy atom. The maximum atomic E-state index is 9.87. The van der Waals surface area contributed by atoms with Crippen LogP contribution in [0, 0.1) is 6.92 Å². The number of aromatic hydroxyl groups is 1. The molecule has 0 unspecified atom stereocenters. The smallest absolute Gasteiger partial charge is 0.174 e. The van der Waals surface area contributed by atoms with Gasteiger partial charge in [0.2, 0.25) is 0 Å². The first-order valence-corrected chi connectivity index (χ1v) is 5.16. The summed E-state index contributed by atoms with van der Waals surface area (Å²) in [5.41, 5.74) is 7.33. The molecule has 0 saturated heterocycles. The zero-order valence-corrected chi connectivity index (χ0v) is 9.89. The van der Waals surface area contributed by atoms with E-state index >= 15 is 0 Å². The highest BCUT2D eigenvalue weighted by Crippen LogP contribution is 2.39. The summed E-state index contributed by atoms with van der Waals surface area (Å²) in [5.74, 6) is 0.656. The zero-order chi connectivity index (χ0) is 10.7. The molecule has 0 spiro atoms. The molecule has 0 bridgehead atoms. The lowest BCUT2D eigenvalue weighted by atomic mass is 10.0. The molecule has 0 heterocycles. The first kappa shape index (κ1) is 11.3. The van der Waals surface area contributed by atoms with Crippen molar-refractivity contribution < 1.29 is 9.84 Å². The van der Waals surface area contributed by atoms with Crippen LogP contribution in [0.4, 0.5) is 0 Å². The first-order valence-electron chi connectivity index (χ1n) is 4.36. The van der Waals surface area contributed by atoms with Crippen molar-refractivity contribution in [3.05, 3.63) is 21.7 Å². The van der Waals surface area contributed by atoms with Crippen LogP contribution in [0.5, 0.6) is 11.5 Å². The lowest BCUT2D eigenvalue weighted by molar-refractivity contribution is 0.368. The minimum atomic E-state index is 0.185. The summed E-state index contributed by atoms with van der Waals surface area (Å²) in [6.45, 7) is 2.45. The standard InChI is InChI=1S/C10H14BrNO2/c1-6-5-8(11)10(14-2)9(13)7(6)3-4-12/h5,13H,3-4,12H2,1-2H3. The van der Waals surface area contributed by atoms with Crippen LogP contribution in [-0.2, 0) is 6.42 Å². The van der Waals surface area contributed by atoms with Gasteiger partial charge in [0.1, 0.15) is 0 Å². The third-order valence-electron chi connectivity index (χ3n) is 2.14. The molecule has 0 amide bonds. The van der Waals surface area contributed by atoms with E-state index in [1.807, 2.05) is 13.0 Å². The Balaban J connectivity index is 3.28. The SMILES string of the molecule is COc1c(Br)cc(C)c(CCN)c1O. The summed E-state index contributed by atoms with van der Waals surface area (Å²) in [6, 6.07) is 1.92. The maximum absolute atomic E-state index is 9.87. The van der Waals surface area contributed by atoms with Gasteiger partial charge in [-0.1, -0.05) is 0 Å². The van der Waals surface area contributed by atoms with E-state index in [0.717, 1.165) is 15.6 Å². The minimum Gasteiger partial charge on any atom is -0.504 e. The summed E-state index contributed by atoms with van der Waals surface area (Å²) < 4.78 is 5.84. The first-order chi connectivity index (χ1) is 6.61. The van der Waals surface area contributed by atoms with E-state index in [-0.39, 0.29) is 5.75 Å². The number of ether oxygens (including phenoxy) is 1. The molecule has 78 valence electrons. The number of methoxy groups -OCH3 is 1. The van der Waals surface area contributed by atoms with Crippen LogP contribution in [0.2, 0.25) is 0 Å². The molecule has 0 aromatic heterocycles. The molecule has 3 nitrogen and oxygen atoms in total. The monoisotopic (exact) mass is 259 g/mol. The van der Waals surface area contributed by atoms with Gasteiger partial charge in [-0.2, -0.15) is 0 Å². The summed E-state index contributed by atoms with van der Waals surface area (Å²) in [4.78, 5) is 0. The van der Waals surface area contributed by atoms with Gasteiger partial charge in [0, 0.05) is 5.56 Å². The molecular formula is C10H14BrNO2. The Morgan fingerprint density at radius 3 is 2.71 bits per heavy atom. The van der Waals surface area contributed by atoms with E-state index in [1.165, 1.54) is 7.11 Å². The van der Waals surface area contributed by atoms with E-state index in [2.05, 4.69) is 15.9 Å². The van der Waals surface area contributed by atoms with Crippen LogP contribution in [0.3, 0.4) is 0 Å². The number of phenolic OH excluding ortho intramolecular Hbond substituents is 1. The van der Waals surface area contributed by atoms with Crippen LogP contribution >= 0.6 is 15.9 Å². The average molecular weight is 260 g/mol. The van der Waals surface area contributed by atoms with Crippen molar-refractivity contribution in [2.24, 2.45) is 5.73 Å². The molecule has 4 heteroatoms. The predicted octanol–water partition coefficient (Wildman–Crippen LogP) is 1.97. The second-order valence-corrected chi connectivity index (χ2v) is 3.93. The second kappa shape index (κ2) is 4.66. The van der Waals surface area contributed by atoms with Gasteiger partial charge in [0.15, 0.2) is 11.5 Å². The van der Waals surface area contributed by atoms with Crippen molar-refractivity contribution in [2.75, 3.05) is 13.7 Å². The van der Waals surface area contributed by atoms with Crippen molar-refractivity contribution in [2.45, 2.75) is 13.3 Å². The zero-order valence-electron chi connectivity index (χ0n) is 8.30. The quantitative estimate of drug-likeness (QED) is 0.873. The Kier molecular flexibility index (Phi) is 3.77. The van der Waals surface area contributed by atoms with Gasteiger partial charge in [-0.05, 0) is 47.4 Å². The Labute approximate surface area is 92.0 Å². The molecule has 0 aliphatic carbocycles. The lowest BCUT2D eigenvalue weighted by Crippen LogP contribution is -2.05. The van der Waals surface area contributed by atoms with Gasteiger partial charge in [0.05, 0.1) is 11.6 Å². The highest BCUT2D eigenvalue weighted by molar-refractivity contribution is 9.10. The van der Waals surface area contributed by atoms with E-state index < -0.39 is 0 Å². The Morgan fingerprint density at radius 1 is 1.57 bits per heavy atom. The average Bonchev–Trinajstić information content (AvgIpc) is 2.12. The fraction of sp³-hybridized carbons (Fsp3) is 0.400. The molecule has 0 aliphatic heterocycles. The number of hydrogen-bond acceptors (Lipinski definition) is 3. The Bertz CT molecular complexity index is 339. The van der Waals surface area contributed by atoms with E-state index in [9.17, 15) is 5.11 Å². The van der Waals surface area contributed by atoms with Crippen LogP contribution in [-0.4, -0.2) is 18.8 Å². The summed E-state index contributed by atoms with van der Waals surface area (Å²) in [5, 5.41) is 9.87. The molecule has 0 saturated carbocycles. The van der Waals surface area contributed by atoms with Gasteiger partial charge in [0.25, 0.3) is 0 Å². The topological polar surface area (TPSA) is 55.5 Å². The van der Waals surface area contributed by atoms with Crippen molar-refractivity contribution in [1.82, 2.24) is 0 Å². The predicted molar refractivity (Wildman–Crippen MR) is 59.9 cm³/mol. The molecule has 3 N–H and O–H groups in total. The number of benzene rings is 1. The number of aryl methyl sites for hydroxylation is 1. The summed E-state index contributed by atoms with van der Waals surface area (Å²) in [6.07, 6.45) is 0.654. The summed E-state index contributed by atoms with van der Waals surface area (Å²) >= 11 is 3.33. The van der Waals surface area contributed by atoms with Gasteiger partial charge >= 0.3 is 0 Å². The highest BCUT2D eigenvalue weighted by Gasteiger charge is 2.13. The molecule has 0 atom stereocenters. The number of halogens is 1. The molecule has 0 radical (unpaired) electrons. The van der Waals surface area contributed by atoms with Crippen molar-refractivity contribution >= 4 is 15.9 Å². The van der Waals surface area contributed by atoms with Gasteiger partial charge in [-0.3, -0.25) is 0 Å². The molecular weight excluding hydrogens is 246 g/mol. The van der Waals surface area contributed by atoms with E-state index in [1.54, 1.807) is 0 Å². The van der Waals surface area contributed by atoms with Gasteiger partial charge in [-0.25, -0.2) is 0 Å². The van der Waals surface area contributed by atoms with E-state index in [4.69, 9.17) is 10.5 Å². The maximum Gasteiger partial charge on any atom is 0.174 e. The van der Waals surface area contributed by atoms with Crippen LogP contribution in [0.25, 0.3) is 0 Å². The number of hydrogen-bond donors (Lipinski definition) is 2. The van der Waals surface area contributed by atoms with Crippen molar-refractivity contribution in [1.29, 1.82) is 0 Å². The van der Waals surface area contributed by atoms with Crippen molar-refractivity contribution in [3.63, 3.8) is 0 Å². The fourth-order valence-electron chi connectivity index (χ4n) is 1.43. The van der Waals surface area contributed by atoms with Gasteiger partial charge < -0.3 is 15.6 Å². The summed E-state index contributed by atoms with van der Waals surface area (Å²) in [7, 11) is 1.53. The molecule has 1 aromatic rings. The fourth-order valence-corrected chi connectivity index (χ4v) is 2.13. The Hall–Kier alpha value is -0.740. The largest absolute Gasteiger partial charge is 0.504 e. The molecule has 14 heavy (non-hydrogen) atoms. The second-order valence-electron chi connectivity index (χ2n) is 3.07. The van der Waals surface area contributed by atoms with E-state index in [0.29, 0.717) is 18.7 Å². The molecule has 1 aromatic carbocycles. The molecule has 1 rings (SSSR count). The van der Waals surface area contributed by atoms with Crippen molar-refractivity contribution in [3.8, 4) is 11.5 Å². The number of nitrogens with two attached hydrogens (primary N) is 1. The number of rotatable bonds is 3. The lowest BCUT2D eigenvalue weighted by Gasteiger charge is -2.13. The minimum absolute atomic E-state index is 0.185. The third kappa shape index (κ3) is 2.01. The number of phenols is 1. The molecule has 0 fully saturated rings. The molecule has 0 aliphatic rings. The third-order valence-corrected chi connectivity index (χ3v) is 2.72.